The van der Waals surface area contributed by atoms with Crippen LogP contribution in [0.1, 0.15) is 47.0 Å². The number of ketones is 1. The lowest BCUT2D eigenvalue weighted by Gasteiger charge is -2.27. The third-order valence-corrected chi connectivity index (χ3v) is 5.65. The van der Waals surface area contributed by atoms with Crippen molar-refractivity contribution in [3.63, 3.8) is 0 Å². The molecule has 1 atom stereocenters. The molecule has 1 aromatic heterocycles. The Kier molecular flexibility index (Phi) is 6.43. The molecule has 0 saturated carbocycles. The van der Waals surface area contributed by atoms with E-state index in [9.17, 15) is 23.9 Å². The van der Waals surface area contributed by atoms with Crippen LogP contribution in [0.25, 0.3) is 0 Å². The maximum absolute atomic E-state index is 14.6. The zero-order valence-corrected chi connectivity index (χ0v) is 16.3. The third-order valence-electron chi connectivity index (χ3n) is 4.78. The molecule has 0 bridgehead atoms. The molecule has 0 spiro atoms. The topological polar surface area (TPSA) is 94.9 Å². The smallest absolute Gasteiger partial charge is 0.303 e. The Bertz CT molecular complexity index is 954. The summed E-state index contributed by atoms with van der Waals surface area (Å²) in [6.07, 6.45) is 1.49. The van der Waals surface area contributed by atoms with Crippen molar-refractivity contribution in [2.75, 3.05) is 6.54 Å². The number of Topliss-reactive ketones (excluding diaryl/α,β-unsaturated/α-hetero) is 1. The minimum atomic E-state index is -1.03. The van der Waals surface area contributed by atoms with Crippen molar-refractivity contribution in [1.29, 1.82) is 0 Å². The fraction of sp³-hybridized carbons (Fsp3) is 0.286. The first-order valence-corrected chi connectivity index (χ1v) is 10.1. The molecule has 0 radical (unpaired) electrons. The monoisotopic (exact) mass is 417 g/mol. The highest BCUT2D eigenvalue weighted by atomic mass is 32.1. The molecule has 6 nitrogen and oxygen atoms in total. The first-order valence-electron chi connectivity index (χ1n) is 9.20. The Hall–Kier alpha value is -3.00. The number of thiophene rings is 1. The van der Waals surface area contributed by atoms with E-state index in [0.717, 1.165) is 0 Å². The van der Waals surface area contributed by atoms with Gasteiger partial charge < -0.3 is 15.1 Å². The molecule has 29 heavy (non-hydrogen) atoms. The first-order chi connectivity index (χ1) is 13.9. The summed E-state index contributed by atoms with van der Waals surface area (Å²) in [6.45, 7) is 0.169. The molecule has 1 aliphatic rings. The van der Waals surface area contributed by atoms with Gasteiger partial charge in [0.25, 0.3) is 5.91 Å². The van der Waals surface area contributed by atoms with Crippen LogP contribution in [0.2, 0.25) is 0 Å². The van der Waals surface area contributed by atoms with E-state index in [1.54, 1.807) is 23.6 Å². The second kappa shape index (κ2) is 9.00. The van der Waals surface area contributed by atoms with Crippen LogP contribution in [-0.4, -0.2) is 39.3 Å². The number of hydrogen-bond donors (Lipinski definition) is 2. The largest absolute Gasteiger partial charge is 0.503 e. The van der Waals surface area contributed by atoms with E-state index in [2.05, 4.69) is 0 Å². The van der Waals surface area contributed by atoms with E-state index in [1.807, 2.05) is 0 Å². The van der Waals surface area contributed by atoms with Gasteiger partial charge >= 0.3 is 5.97 Å². The third kappa shape index (κ3) is 4.37. The molecule has 1 amide bonds. The molecule has 1 aliphatic heterocycles. The van der Waals surface area contributed by atoms with Crippen molar-refractivity contribution in [2.45, 2.75) is 31.7 Å². The molecule has 152 valence electrons. The number of amides is 1. The fourth-order valence-corrected chi connectivity index (χ4v) is 4.09. The number of carboxylic acids is 1. The summed E-state index contributed by atoms with van der Waals surface area (Å²) in [5.74, 6) is -3.37. The van der Waals surface area contributed by atoms with Crippen LogP contribution in [-0.2, 0) is 9.59 Å². The van der Waals surface area contributed by atoms with Crippen LogP contribution in [0.4, 0.5) is 4.39 Å². The van der Waals surface area contributed by atoms with Crippen molar-refractivity contribution >= 4 is 29.0 Å². The lowest BCUT2D eigenvalue weighted by molar-refractivity contribution is -0.137. The molecule has 0 saturated heterocycles. The number of nitrogens with zero attached hydrogens (tertiary/aromatic N) is 1. The van der Waals surface area contributed by atoms with Crippen molar-refractivity contribution in [3.8, 4) is 0 Å². The second-order valence-electron chi connectivity index (χ2n) is 6.70. The van der Waals surface area contributed by atoms with E-state index in [1.165, 1.54) is 34.4 Å². The minimum Gasteiger partial charge on any atom is -0.503 e. The van der Waals surface area contributed by atoms with Crippen LogP contribution in [0.15, 0.2) is 53.1 Å². The van der Waals surface area contributed by atoms with E-state index in [4.69, 9.17) is 5.11 Å². The predicted molar refractivity (Wildman–Crippen MR) is 105 cm³/mol. The average Bonchev–Trinajstić information content (AvgIpc) is 3.30. The number of rotatable bonds is 9. The van der Waals surface area contributed by atoms with Crippen LogP contribution < -0.4 is 0 Å². The van der Waals surface area contributed by atoms with Crippen molar-refractivity contribution in [3.05, 3.63) is 69.4 Å². The van der Waals surface area contributed by atoms with Gasteiger partial charge in [0.05, 0.1) is 16.5 Å². The molecule has 2 N–H and O–H groups in total. The maximum Gasteiger partial charge on any atom is 0.303 e. The van der Waals surface area contributed by atoms with Crippen molar-refractivity contribution < 1.29 is 29.0 Å². The summed E-state index contributed by atoms with van der Waals surface area (Å²) in [6, 6.07) is 8.10. The highest BCUT2D eigenvalue weighted by Crippen LogP contribution is 2.40. The van der Waals surface area contributed by atoms with Crippen LogP contribution in [0, 0.1) is 5.82 Å². The standard InChI is InChI=1S/C21H20FNO5S/c22-14-8-4-3-7-13(14)18-17(19(26)15-9-6-12-29-15)20(27)21(28)23(18)11-5-1-2-10-16(24)25/h3-4,6-9,12,18,27H,1-2,5,10-11H2,(H,24,25)/t18-/m1/s1. The van der Waals surface area contributed by atoms with E-state index in [-0.39, 0.29) is 24.1 Å². The quantitative estimate of drug-likeness (QED) is 0.473. The van der Waals surface area contributed by atoms with E-state index >= 15 is 0 Å². The normalized spacial score (nSPS) is 16.5. The second-order valence-corrected chi connectivity index (χ2v) is 7.64. The molecule has 0 fully saturated rings. The molecule has 0 unspecified atom stereocenters. The molecule has 0 aliphatic carbocycles. The van der Waals surface area contributed by atoms with Gasteiger partial charge in [-0.15, -0.1) is 11.3 Å². The SMILES string of the molecule is O=C(O)CCCCCN1C(=O)C(O)=C(C(=O)c2cccs2)[C@H]1c1ccccc1F. The lowest BCUT2D eigenvalue weighted by atomic mass is 9.95. The number of carbonyl (C=O) groups excluding carboxylic acids is 2. The van der Waals surface area contributed by atoms with Gasteiger partial charge in [0.15, 0.2) is 5.76 Å². The number of benzene rings is 1. The van der Waals surface area contributed by atoms with Gasteiger partial charge in [-0.05, 0) is 30.4 Å². The number of unbranched alkanes of at least 4 members (excludes halogenated alkanes) is 2. The summed E-state index contributed by atoms with van der Waals surface area (Å²) >= 11 is 1.18. The predicted octanol–water partition coefficient (Wildman–Crippen LogP) is 4.11. The number of halogens is 1. The van der Waals surface area contributed by atoms with Gasteiger partial charge in [0.1, 0.15) is 5.82 Å². The van der Waals surface area contributed by atoms with E-state index < -0.39 is 35.3 Å². The Morgan fingerprint density at radius 2 is 1.86 bits per heavy atom. The number of aliphatic hydroxyl groups excluding tert-OH is 1. The molecule has 8 heteroatoms. The van der Waals surface area contributed by atoms with Crippen LogP contribution >= 0.6 is 11.3 Å². The minimum absolute atomic E-state index is 0.0241. The number of aliphatic hydroxyl groups is 1. The molecular formula is C21H20FNO5S. The van der Waals surface area contributed by atoms with Gasteiger partial charge in [-0.25, -0.2) is 4.39 Å². The fourth-order valence-electron chi connectivity index (χ4n) is 3.41. The average molecular weight is 417 g/mol. The summed E-state index contributed by atoms with van der Waals surface area (Å²) < 4.78 is 14.6. The van der Waals surface area contributed by atoms with Gasteiger partial charge in [0.2, 0.25) is 5.78 Å². The number of carboxylic acid groups (broad SMARTS) is 1. The number of aliphatic carboxylic acids is 1. The Morgan fingerprint density at radius 3 is 2.52 bits per heavy atom. The van der Waals surface area contributed by atoms with Gasteiger partial charge in [-0.2, -0.15) is 0 Å². The van der Waals surface area contributed by atoms with Gasteiger partial charge in [-0.3, -0.25) is 14.4 Å². The molecule has 2 heterocycles. The molecular weight excluding hydrogens is 397 g/mol. The first kappa shape index (κ1) is 20.7. The molecule has 3 rings (SSSR count). The Balaban J connectivity index is 1.90. The Labute approximate surface area is 170 Å². The van der Waals surface area contributed by atoms with Crippen molar-refractivity contribution in [1.82, 2.24) is 4.90 Å². The number of hydrogen-bond acceptors (Lipinski definition) is 5. The maximum atomic E-state index is 14.6. The summed E-state index contributed by atoms with van der Waals surface area (Å²) in [5.41, 5.74) is 0.00317. The van der Waals surface area contributed by atoms with Gasteiger partial charge in [-0.1, -0.05) is 30.7 Å². The highest BCUT2D eigenvalue weighted by Gasteiger charge is 2.44. The molecule has 2 aromatic rings. The zero-order chi connectivity index (χ0) is 21.0. The zero-order valence-electron chi connectivity index (χ0n) is 15.5. The van der Waals surface area contributed by atoms with Crippen LogP contribution in [0.3, 0.4) is 0 Å². The molecule has 1 aromatic carbocycles. The van der Waals surface area contributed by atoms with Gasteiger partial charge in [0, 0.05) is 18.5 Å². The summed E-state index contributed by atoms with van der Waals surface area (Å²) in [7, 11) is 0. The van der Waals surface area contributed by atoms with Crippen LogP contribution in [0.5, 0.6) is 0 Å². The van der Waals surface area contributed by atoms with Crippen molar-refractivity contribution in [2.24, 2.45) is 0 Å². The number of carbonyl (C=O) groups is 3. The Morgan fingerprint density at radius 1 is 1.10 bits per heavy atom. The van der Waals surface area contributed by atoms with E-state index in [0.29, 0.717) is 24.1 Å². The lowest BCUT2D eigenvalue weighted by Crippen LogP contribution is -2.32. The highest BCUT2D eigenvalue weighted by molar-refractivity contribution is 7.12. The summed E-state index contributed by atoms with van der Waals surface area (Å²) in [5, 5.41) is 20.9. The summed E-state index contributed by atoms with van der Waals surface area (Å²) in [4.78, 5) is 38.0.